The number of allylic oxidation sites excluding steroid dienone is 15. The number of carbonyl (C=O) groups excluding carboxylic acids is 2. The van der Waals surface area contributed by atoms with Crippen LogP contribution in [0.5, 0.6) is 0 Å². The molecular formula is C65H115N2O7P. The molecule has 3 unspecified atom stereocenters. The van der Waals surface area contributed by atoms with E-state index < -0.39 is 26.6 Å². The van der Waals surface area contributed by atoms with Crippen molar-refractivity contribution >= 4 is 19.7 Å². The van der Waals surface area contributed by atoms with Crippen molar-refractivity contribution in [1.29, 1.82) is 0 Å². The minimum atomic E-state index is -4.72. The topological polar surface area (TPSA) is 114 Å². The number of likely N-dealkylation sites (N-methyl/N-ethyl adjacent to an activating group) is 1. The molecule has 9 nitrogen and oxygen atoms in total. The van der Waals surface area contributed by atoms with Gasteiger partial charge in [0.1, 0.15) is 19.3 Å². The monoisotopic (exact) mass is 1070 g/mol. The number of ether oxygens (including phenoxy) is 1. The molecule has 1 amide bonds. The van der Waals surface area contributed by atoms with Gasteiger partial charge in [-0.2, -0.15) is 0 Å². The Morgan fingerprint density at radius 2 is 0.827 bits per heavy atom. The molecule has 0 aromatic carbocycles. The van der Waals surface area contributed by atoms with Crippen LogP contribution in [0.3, 0.4) is 0 Å². The highest BCUT2D eigenvalue weighted by atomic mass is 31.2. The summed E-state index contributed by atoms with van der Waals surface area (Å²) in [6, 6.07) is -0.925. The van der Waals surface area contributed by atoms with Crippen LogP contribution in [-0.2, 0) is 27.9 Å². The zero-order valence-electron chi connectivity index (χ0n) is 49.2. The maximum Gasteiger partial charge on any atom is 0.306 e. The number of unbranched alkanes of at least 4 members (excludes halogenated alkanes) is 24. The Morgan fingerprint density at radius 3 is 1.27 bits per heavy atom. The van der Waals surface area contributed by atoms with Gasteiger partial charge < -0.3 is 28.5 Å². The molecule has 10 heteroatoms. The van der Waals surface area contributed by atoms with Crippen molar-refractivity contribution in [3.63, 3.8) is 0 Å². The fraction of sp³-hybridized carbons (Fsp3) is 0.723. The van der Waals surface area contributed by atoms with E-state index >= 15 is 0 Å². The van der Waals surface area contributed by atoms with Gasteiger partial charge in [-0.25, -0.2) is 0 Å². The van der Waals surface area contributed by atoms with Crippen LogP contribution in [-0.4, -0.2) is 69.4 Å². The highest BCUT2D eigenvalue weighted by Gasteiger charge is 2.27. The van der Waals surface area contributed by atoms with Crippen LogP contribution in [0.4, 0.5) is 0 Å². The molecule has 0 spiro atoms. The second kappa shape index (κ2) is 54.3. The number of carbonyl (C=O) groups is 2. The average molecular weight is 1070 g/mol. The van der Waals surface area contributed by atoms with E-state index in [0.717, 1.165) is 83.5 Å². The number of hydrogen-bond donors (Lipinski definition) is 1. The number of quaternary nitrogens is 1. The molecule has 0 saturated heterocycles. The van der Waals surface area contributed by atoms with Crippen molar-refractivity contribution < 1.29 is 37.3 Å². The van der Waals surface area contributed by atoms with E-state index in [1.54, 1.807) is 0 Å². The maximum absolute atomic E-state index is 13.5. The van der Waals surface area contributed by atoms with Gasteiger partial charge in [-0.1, -0.05) is 227 Å². The van der Waals surface area contributed by atoms with Crippen molar-refractivity contribution in [2.75, 3.05) is 40.9 Å². The standard InChI is InChI=1S/C65H115N2O7P/c1-7-10-13-16-19-22-25-27-29-31-32-33-34-36-38-40-43-46-49-52-55-58-65(69)74-63(56-53-50-47-44-41-24-21-18-15-12-9-3)62(61-73-75(70,71)72-60-59-67(4,5)6)66-64(68)57-54-51-48-45-42-39-37-35-30-28-26-23-20-17-14-11-8-2/h19-20,22-23,27-30,32-33,37,39,45,48,53,56,62-63H,7-18,21,24-26,31,34-36,38,40-44,46-47,49-52,54-55,57-61H2,1-6H3,(H-,66,68,70,71)/b22-19-,23-20-,29-27-,30-28-,33-32-,39-37-,48-45-,56-53+. The lowest BCUT2D eigenvalue weighted by molar-refractivity contribution is -0.870. The molecule has 75 heavy (non-hydrogen) atoms. The van der Waals surface area contributed by atoms with Crippen molar-refractivity contribution in [2.24, 2.45) is 0 Å². The summed E-state index contributed by atoms with van der Waals surface area (Å²) in [5, 5.41) is 2.99. The molecule has 432 valence electrons. The first-order valence-electron chi connectivity index (χ1n) is 30.5. The third-order valence-corrected chi connectivity index (χ3v) is 14.0. The average Bonchev–Trinajstić information content (AvgIpc) is 3.37. The molecule has 0 rings (SSSR count). The van der Waals surface area contributed by atoms with Crippen molar-refractivity contribution in [3.8, 4) is 0 Å². The number of amides is 1. The van der Waals surface area contributed by atoms with Gasteiger partial charge in [0, 0.05) is 12.8 Å². The fourth-order valence-corrected chi connectivity index (χ4v) is 8.95. The molecule has 0 saturated carbocycles. The highest BCUT2D eigenvalue weighted by Crippen LogP contribution is 2.38. The normalized spacial score (nSPS) is 14.4. The third-order valence-electron chi connectivity index (χ3n) is 13.0. The van der Waals surface area contributed by atoms with E-state index in [0.29, 0.717) is 23.9 Å². The van der Waals surface area contributed by atoms with Gasteiger partial charge >= 0.3 is 5.97 Å². The van der Waals surface area contributed by atoms with Crippen LogP contribution in [0.2, 0.25) is 0 Å². The Kier molecular flexibility index (Phi) is 52.1. The summed E-state index contributed by atoms with van der Waals surface area (Å²) in [7, 11) is 1.13. The van der Waals surface area contributed by atoms with E-state index in [-0.39, 0.29) is 31.3 Å². The Labute approximate surface area is 462 Å². The predicted molar refractivity (Wildman–Crippen MR) is 321 cm³/mol. The van der Waals surface area contributed by atoms with Crippen molar-refractivity contribution in [2.45, 2.75) is 264 Å². The van der Waals surface area contributed by atoms with Gasteiger partial charge in [-0.3, -0.25) is 14.2 Å². The number of nitrogens with zero attached hydrogens (tertiary/aromatic N) is 1. The summed E-state index contributed by atoms with van der Waals surface area (Å²) in [6.45, 7) is 6.72. The Bertz CT molecular complexity index is 1610. The number of phosphoric acid groups is 1. The molecule has 3 atom stereocenters. The summed E-state index contributed by atoms with van der Waals surface area (Å²) in [6.07, 6.45) is 72.4. The largest absolute Gasteiger partial charge is 0.756 e. The van der Waals surface area contributed by atoms with Crippen molar-refractivity contribution in [3.05, 3.63) is 97.2 Å². The van der Waals surface area contributed by atoms with Gasteiger partial charge in [0.15, 0.2) is 0 Å². The molecule has 0 bridgehead atoms. The molecule has 0 aliphatic heterocycles. The van der Waals surface area contributed by atoms with Gasteiger partial charge in [-0.15, -0.1) is 0 Å². The quantitative estimate of drug-likeness (QED) is 0.0212. The van der Waals surface area contributed by atoms with Gasteiger partial charge in [0.05, 0.1) is 33.8 Å². The number of nitrogens with one attached hydrogen (secondary N) is 1. The molecule has 0 aromatic rings. The first-order valence-corrected chi connectivity index (χ1v) is 32.0. The third kappa shape index (κ3) is 55.5. The molecule has 0 aliphatic rings. The van der Waals surface area contributed by atoms with Gasteiger partial charge in [-0.05, 0) is 109 Å². The van der Waals surface area contributed by atoms with Crippen LogP contribution in [0.15, 0.2) is 97.2 Å². The van der Waals surface area contributed by atoms with E-state index in [4.69, 9.17) is 13.8 Å². The lowest BCUT2D eigenvalue weighted by atomic mass is 10.1. The summed E-state index contributed by atoms with van der Waals surface area (Å²) in [4.78, 5) is 39.9. The van der Waals surface area contributed by atoms with Crippen LogP contribution in [0.1, 0.15) is 252 Å². The minimum Gasteiger partial charge on any atom is -0.756 e. The first kappa shape index (κ1) is 71.9. The number of hydrogen-bond acceptors (Lipinski definition) is 7. The first-order chi connectivity index (χ1) is 36.4. The van der Waals surface area contributed by atoms with Crippen molar-refractivity contribution in [1.82, 2.24) is 5.32 Å². The Balaban J connectivity index is 5.33. The highest BCUT2D eigenvalue weighted by molar-refractivity contribution is 7.45. The van der Waals surface area contributed by atoms with E-state index in [2.05, 4.69) is 111 Å². The Hall–Kier alpha value is -3.07. The number of rotatable bonds is 54. The lowest BCUT2D eigenvalue weighted by Gasteiger charge is -2.30. The van der Waals surface area contributed by atoms with Crippen LogP contribution < -0.4 is 10.2 Å². The fourth-order valence-electron chi connectivity index (χ4n) is 8.23. The molecule has 0 fully saturated rings. The van der Waals surface area contributed by atoms with E-state index in [9.17, 15) is 19.0 Å². The van der Waals surface area contributed by atoms with Crippen LogP contribution in [0, 0.1) is 0 Å². The minimum absolute atomic E-state index is 0.0380. The molecule has 0 aromatic heterocycles. The summed E-state index contributed by atoms with van der Waals surface area (Å²) < 4.78 is 30.2. The number of esters is 1. The zero-order chi connectivity index (χ0) is 55.0. The molecule has 0 heterocycles. The molecule has 1 N–H and O–H groups in total. The van der Waals surface area contributed by atoms with E-state index in [1.807, 2.05) is 33.3 Å². The second-order valence-electron chi connectivity index (χ2n) is 21.5. The Morgan fingerprint density at radius 1 is 0.467 bits per heavy atom. The maximum atomic E-state index is 13.5. The van der Waals surface area contributed by atoms with Gasteiger partial charge in [0.25, 0.3) is 7.82 Å². The van der Waals surface area contributed by atoms with Gasteiger partial charge in [0.2, 0.25) is 5.91 Å². The lowest BCUT2D eigenvalue weighted by Crippen LogP contribution is -2.47. The molecule has 0 aliphatic carbocycles. The SMILES string of the molecule is CCCCC/C=C\C/C=C\C/C=C\C/C=C\CCCC(=O)NC(COP(=O)([O-])OCC[N+](C)(C)C)C(/C=C/CCCCCCCCCCC)OC(=O)CCCCCCCCCC/C=C\C/C=C\C/C=C\CCCCC. The summed E-state index contributed by atoms with van der Waals surface area (Å²) in [5.74, 6) is -0.619. The molecular weight excluding hydrogens is 952 g/mol. The predicted octanol–water partition coefficient (Wildman–Crippen LogP) is 18.1. The smallest absolute Gasteiger partial charge is 0.306 e. The summed E-state index contributed by atoms with van der Waals surface area (Å²) in [5.41, 5.74) is 0. The molecule has 0 radical (unpaired) electrons. The number of phosphoric ester groups is 1. The summed E-state index contributed by atoms with van der Waals surface area (Å²) >= 11 is 0. The zero-order valence-corrected chi connectivity index (χ0v) is 50.1. The van der Waals surface area contributed by atoms with E-state index in [1.165, 1.54) is 122 Å². The van der Waals surface area contributed by atoms with Crippen LogP contribution in [0.25, 0.3) is 0 Å². The van der Waals surface area contributed by atoms with Crippen LogP contribution >= 0.6 is 7.82 Å². The second-order valence-corrected chi connectivity index (χ2v) is 22.9.